The van der Waals surface area contributed by atoms with Crippen LogP contribution in [0.3, 0.4) is 0 Å². The largest absolute Gasteiger partial charge is 0.497 e. The molecule has 28 aromatic rings. The van der Waals surface area contributed by atoms with E-state index in [4.69, 9.17) is 34.4 Å². The summed E-state index contributed by atoms with van der Waals surface area (Å²) in [6, 6.07) is 121. The quantitative estimate of drug-likeness (QED) is 0.0561. The molecule has 0 saturated carbocycles. The fraction of sp³-hybridized carbons (Fsp3) is 0.0336. The van der Waals surface area contributed by atoms with E-state index in [-0.39, 0.29) is 0 Å². The monoisotopic (exact) mass is 2070 g/mol. The predicted molar refractivity (Wildman–Crippen MR) is 592 cm³/mol. The number of fused-ring (bicyclic) bond motifs is 23. The van der Waals surface area contributed by atoms with Crippen molar-refractivity contribution >= 4 is 216 Å². The number of methoxy groups -OCH3 is 2. The van der Waals surface area contributed by atoms with E-state index in [1.165, 1.54) is 80.8 Å². The van der Waals surface area contributed by atoms with Crippen LogP contribution in [0.25, 0.3) is 254 Å². The van der Waals surface area contributed by atoms with Gasteiger partial charge in [0.05, 0.1) is 70.1 Å². The number of nitrogens with one attached hydrogen (secondary N) is 10. The van der Waals surface area contributed by atoms with E-state index in [0.29, 0.717) is 0 Å². The summed E-state index contributed by atoms with van der Waals surface area (Å²) in [5.74, 6) is 6.01. The number of aryl methyl sites for hydroxylation is 2. The van der Waals surface area contributed by atoms with Gasteiger partial charge in [-0.05, 0) is 174 Å². The average Bonchev–Trinajstić information content (AvgIpc) is 1.56. The summed E-state index contributed by atoms with van der Waals surface area (Å²) in [6.07, 6.45) is 6.05. The van der Waals surface area contributed by atoms with Crippen molar-refractivity contribution in [1.29, 1.82) is 0 Å². The summed E-state index contributed by atoms with van der Waals surface area (Å²) in [5, 5.41) is 20.4. The van der Waals surface area contributed by atoms with Gasteiger partial charge in [-0.25, -0.2) is 24.9 Å². The van der Waals surface area contributed by atoms with Crippen LogP contribution in [0.15, 0.2) is 388 Å². The maximum Gasteiger partial charge on any atom is 0.140 e. The third-order valence-corrected chi connectivity index (χ3v) is 28.5. The van der Waals surface area contributed by atoms with Crippen LogP contribution in [0, 0.1) is 13.8 Å². The number of halogens is 4. The lowest BCUT2D eigenvalue weighted by atomic mass is 10.0. The molecule has 10 heterocycles. The number of hydrogen-bond donors (Lipinski definition) is 10. The van der Waals surface area contributed by atoms with Crippen molar-refractivity contribution in [2.24, 2.45) is 0 Å². The second-order valence-electron chi connectivity index (χ2n) is 34.7. The van der Waals surface area contributed by atoms with Gasteiger partial charge in [0.1, 0.15) is 40.6 Å². The van der Waals surface area contributed by atoms with Crippen molar-refractivity contribution in [3.8, 4) is 113 Å². The van der Waals surface area contributed by atoms with Crippen molar-refractivity contribution in [3.05, 3.63) is 400 Å². The summed E-state index contributed by atoms with van der Waals surface area (Å²) in [7, 11) is 3.33. The second-order valence-corrected chi connectivity index (χ2v) is 38.3. The lowest BCUT2D eigenvalue weighted by Gasteiger charge is -2.06. The van der Waals surface area contributed by atoms with E-state index < -0.39 is 0 Å². The maximum atomic E-state index is 5.32. The maximum absolute atomic E-state index is 5.32. The number of nitrogens with zero attached hydrogens (tertiary/aromatic N) is 5. The van der Waals surface area contributed by atoms with Gasteiger partial charge in [0.2, 0.25) is 0 Å². The highest BCUT2D eigenvalue weighted by molar-refractivity contribution is 9.11. The minimum Gasteiger partial charge on any atom is -0.497 e. The number of aromatic nitrogens is 15. The molecule has 18 aromatic carbocycles. The molecule has 140 heavy (non-hydrogen) atoms. The smallest absolute Gasteiger partial charge is 0.140 e. The van der Waals surface area contributed by atoms with Crippen LogP contribution in [0.2, 0.25) is 0 Å². The third kappa shape index (κ3) is 15.7. The molecule has 17 nitrogen and oxygen atoms in total. The molecule has 0 unspecified atom stereocenters. The number of para-hydroxylation sites is 3. The Morgan fingerprint density at radius 2 is 0.493 bits per heavy atom. The molecule has 0 radical (unpaired) electrons. The van der Waals surface area contributed by atoms with Crippen LogP contribution < -0.4 is 9.47 Å². The van der Waals surface area contributed by atoms with Crippen molar-refractivity contribution in [2.75, 3.05) is 14.2 Å². The molecule has 0 fully saturated rings. The first-order valence-corrected chi connectivity index (χ1v) is 49.1. The van der Waals surface area contributed by atoms with Gasteiger partial charge < -0.3 is 59.3 Å². The Kier molecular flexibility index (Phi) is 22.4. The van der Waals surface area contributed by atoms with Crippen LogP contribution in [-0.4, -0.2) is 89.0 Å². The first-order valence-electron chi connectivity index (χ1n) is 45.9. The number of hydrogen-bond acceptors (Lipinski definition) is 7. The molecule has 0 aliphatic carbocycles. The fourth-order valence-electron chi connectivity index (χ4n) is 19.8. The fourth-order valence-corrected chi connectivity index (χ4v) is 21.1. The first kappa shape index (κ1) is 86.4. The van der Waals surface area contributed by atoms with E-state index in [2.05, 4.69) is 394 Å². The van der Waals surface area contributed by atoms with E-state index in [1.54, 1.807) is 14.2 Å². The van der Waals surface area contributed by atoms with Gasteiger partial charge in [-0.15, -0.1) is 0 Å². The van der Waals surface area contributed by atoms with Crippen molar-refractivity contribution in [1.82, 2.24) is 74.8 Å². The zero-order chi connectivity index (χ0) is 94.3. The molecule has 0 bridgehead atoms. The van der Waals surface area contributed by atoms with Crippen molar-refractivity contribution in [3.63, 3.8) is 0 Å². The van der Waals surface area contributed by atoms with Gasteiger partial charge in [-0.1, -0.05) is 288 Å². The molecule has 28 rings (SSSR count). The number of aromatic amines is 10. The van der Waals surface area contributed by atoms with Crippen LogP contribution in [0.1, 0.15) is 11.4 Å². The lowest BCUT2D eigenvalue weighted by molar-refractivity contribution is 0.414. The molecule has 21 heteroatoms. The van der Waals surface area contributed by atoms with Gasteiger partial charge in [-0.3, -0.25) is 0 Å². The summed E-state index contributed by atoms with van der Waals surface area (Å²) >= 11 is 14.2. The second kappa shape index (κ2) is 36.2. The summed E-state index contributed by atoms with van der Waals surface area (Å²) in [6.45, 7) is 4.20. The zero-order valence-electron chi connectivity index (χ0n) is 75.8. The summed E-state index contributed by atoms with van der Waals surface area (Å²) < 4.78 is 14.8. The van der Waals surface area contributed by atoms with Crippen LogP contribution in [0.4, 0.5) is 0 Å². The molecular formula is C119H83Br4N15O2. The first-order chi connectivity index (χ1) is 68.8. The van der Waals surface area contributed by atoms with Crippen molar-refractivity contribution in [2.45, 2.75) is 13.8 Å². The molecule has 0 atom stereocenters. The molecular weight excluding hydrogens is 1990 g/mol. The Balaban J connectivity index is 0.0000000950. The number of ether oxygens (including phenoxy) is 2. The number of imidazole rings is 5. The van der Waals surface area contributed by atoms with Gasteiger partial charge in [-0.2, -0.15) is 0 Å². The standard InChI is InChI=1S/C25H20BrN3O2.C24H17Br2N3.C24H17N3.C23H14BrN3.C23H15N3/c1-30-18-8-3-15(4-9-18)23-24(16-5-10-19(31-2)11-6-16)29-25(28-23)21-14-27-22-12-7-17(26)13-20(21)22;1-14-21(19-4-2-3-5-20(19)27-14)24-28-22(15-6-10-17(25)11-7-15)23(29-24)16-8-12-18(26)13-9-16;1-14-21(19-12-6-7-13-20(19)25-14)24-26-22-17-10-4-2-8-15(17)16-9-3-5-11-18(16)23(22)27-24;24-13-9-10-20-18(11-13)19(12-25-20)23-26-21-16-7-3-1-5-14(16)15-6-2-4-8-17(15)22(21)27-23;1-3-10-17-14(7-1)15-8-2-4-11-18(15)22-21(17)25-23(26-22)19-13-24-20-12-6-5-9-16(19)20/h3-14,27H,1-2H3,(H,28,29);2-13,27H,1H3,(H,28,29);2-13,25H,1H3,(H,26,27);1-12,25H,(H,26,27);1-13,24H,(H,25,26). The van der Waals surface area contributed by atoms with E-state index in [9.17, 15) is 0 Å². The highest BCUT2D eigenvalue weighted by Crippen LogP contribution is 2.46. The molecule has 10 N–H and O–H groups in total. The lowest BCUT2D eigenvalue weighted by Crippen LogP contribution is -1.87. The Morgan fingerprint density at radius 1 is 0.221 bits per heavy atom. The Hall–Kier alpha value is -16.4. The van der Waals surface area contributed by atoms with Crippen LogP contribution in [0.5, 0.6) is 11.5 Å². The minimum atomic E-state index is 0.806. The molecule has 0 spiro atoms. The van der Waals surface area contributed by atoms with E-state index in [1.807, 2.05) is 104 Å². The van der Waals surface area contributed by atoms with Gasteiger partial charge >= 0.3 is 0 Å². The minimum absolute atomic E-state index is 0.806. The molecule has 10 aromatic heterocycles. The number of rotatable bonds is 11. The SMILES string of the molecule is Brc1ccc2[nH]cc(-c3nc4c5ccccc5c5ccccc5c4[nH]3)c2c1.COc1ccc(-c2nc(-c3c[nH]c4ccc(Br)cc34)[nH]c2-c2ccc(OC)cc2)cc1.Cc1[nH]c2ccccc2c1-c1nc(-c2ccc(Br)cc2)c(-c2ccc(Br)cc2)[nH]1.Cc1[nH]c2ccccc2c1-c1nc2c3ccccc3c3ccccc3c2[nH]1.c1ccc2c(-c3nc4c5ccccc5c5ccccc5c4[nH]3)c[nH]c2c1. The zero-order valence-corrected chi connectivity index (χ0v) is 82.1. The highest BCUT2D eigenvalue weighted by atomic mass is 79.9. The molecule has 0 aliphatic heterocycles. The average molecular weight is 2070 g/mol. The van der Waals surface area contributed by atoms with Gasteiger partial charge in [0, 0.05) is 185 Å². The summed E-state index contributed by atoms with van der Waals surface area (Å²) in [5.41, 5.74) is 27.6. The van der Waals surface area contributed by atoms with Gasteiger partial charge in [0.25, 0.3) is 0 Å². The Bertz CT molecular complexity index is 9300. The normalized spacial score (nSPS) is 11.6. The van der Waals surface area contributed by atoms with E-state index in [0.717, 1.165) is 214 Å². The molecule has 674 valence electrons. The van der Waals surface area contributed by atoms with Crippen LogP contribution in [-0.2, 0) is 0 Å². The predicted octanol–water partition coefficient (Wildman–Crippen LogP) is 33.5. The third-order valence-electron chi connectivity index (χ3n) is 26.4. The Labute approximate surface area is 834 Å². The molecule has 0 aliphatic rings. The van der Waals surface area contributed by atoms with Crippen molar-refractivity contribution < 1.29 is 9.47 Å². The highest BCUT2D eigenvalue weighted by Gasteiger charge is 2.26. The topological polar surface area (TPSA) is 241 Å². The molecule has 0 amide bonds. The summed E-state index contributed by atoms with van der Waals surface area (Å²) in [4.78, 5) is 60.2. The van der Waals surface area contributed by atoms with Gasteiger partial charge in [0.15, 0.2) is 0 Å². The molecule has 0 saturated heterocycles. The van der Waals surface area contributed by atoms with E-state index >= 15 is 0 Å². The Morgan fingerprint density at radius 3 is 0.893 bits per heavy atom. The van der Waals surface area contributed by atoms with Crippen LogP contribution >= 0.6 is 63.7 Å². The number of H-pyrrole nitrogens is 10. The number of benzene rings is 18.